The highest BCUT2D eigenvalue weighted by Gasteiger charge is 2.26. The third-order valence-electron chi connectivity index (χ3n) is 4.29. The second kappa shape index (κ2) is 10.6. The van der Waals surface area contributed by atoms with Crippen molar-refractivity contribution in [3.8, 4) is 0 Å². The minimum Gasteiger partial charge on any atom is -0.467 e. The van der Waals surface area contributed by atoms with Crippen LogP contribution < -0.4 is 10.6 Å². The number of nitrogens with one attached hydrogen (secondary N) is 2. The van der Waals surface area contributed by atoms with Gasteiger partial charge >= 0.3 is 5.97 Å². The molecule has 0 heterocycles. The minimum atomic E-state index is -0.641. The van der Waals surface area contributed by atoms with Gasteiger partial charge in [-0.15, -0.1) is 0 Å². The van der Waals surface area contributed by atoms with Crippen molar-refractivity contribution in [2.24, 2.45) is 5.92 Å². The SMILES string of the molecule is CC[C@@H](C)[C@H](NC(=O)CN(C)Cc1ccc(C(=O)NC)cc1)C(=O)OC. The quantitative estimate of drug-likeness (QED) is 0.644. The second-order valence-electron chi connectivity index (χ2n) is 6.40. The first kappa shape index (κ1) is 21.6. The van der Waals surface area contributed by atoms with Crippen molar-refractivity contribution in [2.75, 3.05) is 27.7 Å². The first-order valence-corrected chi connectivity index (χ1v) is 8.69. The molecule has 26 heavy (non-hydrogen) atoms. The van der Waals surface area contributed by atoms with Crippen LogP contribution in [0.1, 0.15) is 36.2 Å². The van der Waals surface area contributed by atoms with Crippen molar-refractivity contribution in [3.05, 3.63) is 35.4 Å². The maximum atomic E-state index is 12.3. The Kier molecular flexibility index (Phi) is 8.78. The van der Waals surface area contributed by atoms with Crippen LogP contribution in [-0.4, -0.2) is 56.5 Å². The number of hydrogen-bond donors (Lipinski definition) is 2. The van der Waals surface area contributed by atoms with Crippen molar-refractivity contribution in [1.29, 1.82) is 0 Å². The average molecular weight is 363 g/mol. The zero-order valence-corrected chi connectivity index (χ0v) is 16.2. The van der Waals surface area contributed by atoms with Gasteiger partial charge in [0.25, 0.3) is 5.91 Å². The molecule has 1 rings (SSSR count). The maximum Gasteiger partial charge on any atom is 0.328 e. The predicted octanol–water partition coefficient (Wildman–Crippen LogP) is 1.18. The molecular formula is C19H29N3O4. The predicted molar refractivity (Wildman–Crippen MR) is 99.6 cm³/mol. The van der Waals surface area contributed by atoms with E-state index in [1.54, 1.807) is 19.2 Å². The van der Waals surface area contributed by atoms with Crippen LogP contribution in [0.25, 0.3) is 0 Å². The van der Waals surface area contributed by atoms with Crippen molar-refractivity contribution < 1.29 is 19.1 Å². The van der Waals surface area contributed by atoms with E-state index < -0.39 is 12.0 Å². The summed E-state index contributed by atoms with van der Waals surface area (Å²) < 4.78 is 4.78. The van der Waals surface area contributed by atoms with E-state index in [1.165, 1.54) is 7.11 Å². The molecule has 1 aromatic carbocycles. The molecule has 0 aliphatic carbocycles. The molecule has 0 spiro atoms. The number of rotatable bonds is 9. The molecular weight excluding hydrogens is 334 g/mol. The third kappa shape index (κ3) is 6.48. The largest absolute Gasteiger partial charge is 0.467 e. The lowest BCUT2D eigenvalue weighted by Crippen LogP contribution is -2.48. The molecule has 0 aromatic heterocycles. The van der Waals surface area contributed by atoms with E-state index >= 15 is 0 Å². The zero-order valence-electron chi connectivity index (χ0n) is 16.2. The molecule has 0 aliphatic heterocycles. The summed E-state index contributed by atoms with van der Waals surface area (Å²) in [5.41, 5.74) is 1.57. The Bertz CT molecular complexity index is 616. The van der Waals surface area contributed by atoms with Crippen LogP contribution in [0, 0.1) is 5.92 Å². The van der Waals surface area contributed by atoms with Gasteiger partial charge in [0.15, 0.2) is 0 Å². The highest BCUT2D eigenvalue weighted by Crippen LogP contribution is 2.10. The number of amides is 2. The van der Waals surface area contributed by atoms with Crippen LogP contribution >= 0.6 is 0 Å². The molecule has 7 nitrogen and oxygen atoms in total. The van der Waals surface area contributed by atoms with Crippen LogP contribution in [-0.2, 0) is 20.9 Å². The van der Waals surface area contributed by atoms with Crippen LogP contribution in [0.3, 0.4) is 0 Å². The first-order valence-electron chi connectivity index (χ1n) is 8.69. The number of nitrogens with zero attached hydrogens (tertiary/aromatic N) is 1. The van der Waals surface area contributed by atoms with E-state index in [0.29, 0.717) is 12.1 Å². The fourth-order valence-corrected chi connectivity index (χ4v) is 2.53. The summed E-state index contributed by atoms with van der Waals surface area (Å²) in [6, 6.07) is 6.57. The Labute approximate surface area is 155 Å². The van der Waals surface area contributed by atoms with Crippen molar-refractivity contribution in [2.45, 2.75) is 32.9 Å². The van der Waals surface area contributed by atoms with E-state index in [-0.39, 0.29) is 24.3 Å². The topological polar surface area (TPSA) is 87.7 Å². The summed E-state index contributed by atoms with van der Waals surface area (Å²) in [4.78, 5) is 37.5. The third-order valence-corrected chi connectivity index (χ3v) is 4.29. The van der Waals surface area contributed by atoms with Gasteiger partial charge in [-0.3, -0.25) is 14.5 Å². The van der Waals surface area contributed by atoms with Gasteiger partial charge in [0.05, 0.1) is 13.7 Å². The molecule has 0 aliphatic rings. The Hall–Kier alpha value is -2.41. The van der Waals surface area contributed by atoms with Crippen LogP contribution in [0.5, 0.6) is 0 Å². The number of carbonyl (C=O) groups is 3. The molecule has 2 N–H and O–H groups in total. The van der Waals surface area contributed by atoms with Crippen molar-refractivity contribution >= 4 is 17.8 Å². The van der Waals surface area contributed by atoms with Gasteiger partial charge in [0.2, 0.25) is 5.91 Å². The van der Waals surface area contributed by atoms with Gasteiger partial charge in [0, 0.05) is 19.2 Å². The van der Waals surface area contributed by atoms with E-state index in [9.17, 15) is 14.4 Å². The monoisotopic (exact) mass is 363 g/mol. The average Bonchev–Trinajstić information content (AvgIpc) is 2.64. The smallest absolute Gasteiger partial charge is 0.328 e. The van der Waals surface area contributed by atoms with Crippen LogP contribution in [0.2, 0.25) is 0 Å². The summed E-state index contributed by atoms with van der Waals surface area (Å²) in [5.74, 6) is -0.803. The summed E-state index contributed by atoms with van der Waals surface area (Å²) in [7, 11) is 4.73. The summed E-state index contributed by atoms with van der Waals surface area (Å²) in [5, 5.41) is 5.33. The van der Waals surface area contributed by atoms with E-state index in [2.05, 4.69) is 10.6 Å². The van der Waals surface area contributed by atoms with E-state index in [1.807, 2.05) is 37.9 Å². The number of ether oxygens (including phenoxy) is 1. The molecule has 7 heteroatoms. The van der Waals surface area contributed by atoms with Gasteiger partial charge in [-0.25, -0.2) is 4.79 Å². The Balaban J connectivity index is 2.60. The van der Waals surface area contributed by atoms with Gasteiger partial charge in [-0.2, -0.15) is 0 Å². The lowest BCUT2D eigenvalue weighted by molar-refractivity contribution is -0.146. The highest BCUT2D eigenvalue weighted by atomic mass is 16.5. The summed E-state index contributed by atoms with van der Waals surface area (Å²) in [6.45, 7) is 4.57. The number of esters is 1. The van der Waals surface area contributed by atoms with Crippen LogP contribution in [0.4, 0.5) is 0 Å². The number of methoxy groups -OCH3 is 1. The molecule has 0 radical (unpaired) electrons. The first-order chi connectivity index (χ1) is 12.3. The number of carbonyl (C=O) groups excluding carboxylic acids is 3. The summed E-state index contributed by atoms with van der Waals surface area (Å²) in [6.07, 6.45) is 0.758. The normalized spacial score (nSPS) is 13.0. The standard InChI is InChI=1S/C19H29N3O4/c1-6-13(2)17(19(25)26-5)21-16(23)12-22(4)11-14-7-9-15(10-8-14)18(24)20-3/h7-10,13,17H,6,11-12H2,1-5H3,(H,20,24)(H,21,23)/t13-,17+/m1/s1. The molecule has 0 fully saturated rings. The fourth-order valence-electron chi connectivity index (χ4n) is 2.53. The molecule has 0 saturated heterocycles. The molecule has 0 saturated carbocycles. The number of likely N-dealkylation sites (N-methyl/N-ethyl adjacent to an activating group) is 1. The fraction of sp³-hybridized carbons (Fsp3) is 0.526. The minimum absolute atomic E-state index is 0.00559. The number of hydrogen-bond acceptors (Lipinski definition) is 5. The lowest BCUT2D eigenvalue weighted by atomic mass is 9.99. The summed E-state index contributed by atoms with van der Waals surface area (Å²) >= 11 is 0. The van der Waals surface area contributed by atoms with Gasteiger partial charge in [0.1, 0.15) is 6.04 Å². The molecule has 0 unspecified atom stereocenters. The Morgan fingerprint density at radius 1 is 1.19 bits per heavy atom. The molecule has 1 aromatic rings. The van der Waals surface area contributed by atoms with E-state index in [4.69, 9.17) is 4.74 Å². The molecule has 144 valence electrons. The molecule has 2 atom stereocenters. The maximum absolute atomic E-state index is 12.3. The molecule has 2 amide bonds. The Morgan fingerprint density at radius 2 is 1.81 bits per heavy atom. The Morgan fingerprint density at radius 3 is 2.31 bits per heavy atom. The van der Waals surface area contributed by atoms with Gasteiger partial charge in [-0.1, -0.05) is 32.4 Å². The lowest BCUT2D eigenvalue weighted by Gasteiger charge is -2.23. The van der Waals surface area contributed by atoms with Crippen molar-refractivity contribution in [1.82, 2.24) is 15.5 Å². The second-order valence-corrected chi connectivity index (χ2v) is 6.40. The zero-order chi connectivity index (χ0) is 19.7. The van der Waals surface area contributed by atoms with Gasteiger partial charge < -0.3 is 15.4 Å². The number of benzene rings is 1. The van der Waals surface area contributed by atoms with Gasteiger partial charge in [-0.05, 0) is 30.7 Å². The highest BCUT2D eigenvalue weighted by molar-refractivity contribution is 5.93. The van der Waals surface area contributed by atoms with Crippen molar-refractivity contribution in [3.63, 3.8) is 0 Å². The molecule has 0 bridgehead atoms. The van der Waals surface area contributed by atoms with E-state index in [0.717, 1.165) is 12.0 Å². The van der Waals surface area contributed by atoms with Crippen LogP contribution in [0.15, 0.2) is 24.3 Å².